The Balaban J connectivity index is 2.26. The normalized spacial score (nSPS) is 12.1. The van der Waals surface area contributed by atoms with Gasteiger partial charge in [0.15, 0.2) is 0 Å². The highest BCUT2D eigenvalue weighted by Gasteiger charge is 2.33. The number of carbonyl (C=O) groups is 1. The first-order chi connectivity index (χ1) is 13.4. The van der Waals surface area contributed by atoms with Crippen LogP contribution in [0.2, 0.25) is 0 Å². The van der Waals surface area contributed by atoms with E-state index in [1.54, 1.807) is 0 Å². The van der Waals surface area contributed by atoms with Crippen molar-refractivity contribution in [2.45, 2.75) is 18.0 Å². The fraction of sp³-hybridized carbons (Fsp3) is 0.211. The van der Waals surface area contributed by atoms with Crippen LogP contribution in [0.25, 0.3) is 0 Å². The van der Waals surface area contributed by atoms with Crippen LogP contribution in [0, 0.1) is 12.7 Å². The number of amides is 1. The lowest BCUT2D eigenvalue weighted by atomic mass is 10.2. The standard InChI is InChI=1S/C19H18F4N2O3S/c1-3-9-25(12-18(26)24-15-8-7-13(2)17(20)11-15)29(27,28)16-6-4-5-14(10-16)19(21,22)23/h3-8,10-11H,1,9,12H2,2H3,(H,24,26). The summed E-state index contributed by atoms with van der Waals surface area (Å²) >= 11 is 0. The lowest BCUT2D eigenvalue weighted by molar-refractivity contribution is -0.137. The number of hydrogen-bond donors (Lipinski definition) is 1. The Morgan fingerprint density at radius 2 is 1.90 bits per heavy atom. The van der Waals surface area contributed by atoms with Crippen LogP contribution in [-0.2, 0) is 21.0 Å². The van der Waals surface area contributed by atoms with E-state index in [0.29, 0.717) is 15.9 Å². The first-order valence-corrected chi connectivity index (χ1v) is 9.73. The van der Waals surface area contributed by atoms with Gasteiger partial charge in [-0.1, -0.05) is 18.2 Å². The molecule has 0 spiro atoms. The highest BCUT2D eigenvalue weighted by Crippen LogP contribution is 2.31. The van der Waals surface area contributed by atoms with Gasteiger partial charge in [0.25, 0.3) is 0 Å². The van der Waals surface area contributed by atoms with E-state index in [2.05, 4.69) is 11.9 Å². The van der Waals surface area contributed by atoms with Crippen molar-refractivity contribution in [3.63, 3.8) is 0 Å². The van der Waals surface area contributed by atoms with Crippen molar-refractivity contribution in [1.29, 1.82) is 0 Å². The molecule has 0 aliphatic heterocycles. The largest absolute Gasteiger partial charge is 0.416 e. The molecule has 0 bridgehead atoms. The number of nitrogens with one attached hydrogen (secondary N) is 1. The van der Waals surface area contributed by atoms with E-state index in [-0.39, 0.29) is 12.2 Å². The molecule has 0 saturated carbocycles. The van der Waals surface area contributed by atoms with Crippen molar-refractivity contribution in [3.05, 3.63) is 72.1 Å². The van der Waals surface area contributed by atoms with Crippen molar-refractivity contribution in [3.8, 4) is 0 Å². The molecule has 2 aromatic rings. The van der Waals surface area contributed by atoms with Crippen LogP contribution < -0.4 is 5.32 Å². The van der Waals surface area contributed by atoms with Crippen LogP contribution in [0.3, 0.4) is 0 Å². The van der Waals surface area contributed by atoms with Gasteiger partial charge in [0, 0.05) is 12.2 Å². The van der Waals surface area contributed by atoms with Gasteiger partial charge < -0.3 is 5.32 Å². The molecular weight excluding hydrogens is 412 g/mol. The third-order valence-electron chi connectivity index (χ3n) is 3.91. The molecule has 10 heteroatoms. The zero-order chi connectivity index (χ0) is 21.8. The van der Waals surface area contributed by atoms with Crippen molar-refractivity contribution >= 4 is 21.6 Å². The highest BCUT2D eigenvalue weighted by atomic mass is 32.2. The second kappa shape index (κ2) is 8.75. The van der Waals surface area contributed by atoms with E-state index in [0.717, 1.165) is 24.3 Å². The van der Waals surface area contributed by atoms with Gasteiger partial charge in [-0.2, -0.15) is 17.5 Å². The SMILES string of the molecule is C=CCN(CC(=O)Nc1ccc(C)c(F)c1)S(=O)(=O)c1cccc(C(F)(F)F)c1. The summed E-state index contributed by atoms with van der Waals surface area (Å²) in [5, 5.41) is 2.36. The summed E-state index contributed by atoms with van der Waals surface area (Å²) in [6, 6.07) is 7.17. The molecule has 1 amide bonds. The third-order valence-corrected chi connectivity index (χ3v) is 5.72. The van der Waals surface area contributed by atoms with Crippen LogP contribution in [0.4, 0.5) is 23.2 Å². The molecule has 0 heterocycles. The van der Waals surface area contributed by atoms with E-state index in [9.17, 15) is 30.8 Å². The first kappa shape index (κ1) is 22.6. The summed E-state index contributed by atoms with van der Waals surface area (Å²) < 4.78 is 78.5. The minimum Gasteiger partial charge on any atom is -0.325 e. The molecule has 2 rings (SSSR count). The summed E-state index contributed by atoms with van der Waals surface area (Å²) in [7, 11) is -4.42. The summed E-state index contributed by atoms with van der Waals surface area (Å²) in [5.74, 6) is -1.34. The second-order valence-electron chi connectivity index (χ2n) is 6.12. The lowest BCUT2D eigenvalue weighted by Crippen LogP contribution is -2.38. The number of halogens is 4. The van der Waals surface area contributed by atoms with Gasteiger partial charge in [0.1, 0.15) is 5.82 Å². The number of benzene rings is 2. The minimum absolute atomic E-state index is 0.119. The number of nitrogens with zero attached hydrogens (tertiary/aromatic N) is 1. The summed E-state index contributed by atoms with van der Waals surface area (Å²) in [5.41, 5.74) is -0.645. The molecule has 5 nitrogen and oxygen atoms in total. The minimum atomic E-state index is -4.72. The van der Waals surface area contributed by atoms with Crippen LogP contribution in [0.1, 0.15) is 11.1 Å². The number of anilines is 1. The van der Waals surface area contributed by atoms with Crippen LogP contribution in [0.15, 0.2) is 60.0 Å². The second-order valence-corrected chi connectivity index (χ2v) is 8.06. The molecular formula is C19H18F4N2O3S. The third kappa shape index (κ3) is 5.64. The number of carbonyl (C=O) groups excluding carboxylic acids is 1. The predicted octanol–water partition coefficient (Wildman–Crippen LogP) is 3.97. The van der Waals surface area contributed by atoms with Crippen LogP contribution >= 0.6 is 0 Å². The number of rotatable bonds is 7. The molecule has 0 saturated heterocycles. The Hall–Kier alpha value is -2.72. The molecule has 0 aromatic heterocycles. The number of hydrogen-bond acceptors (Lipinski definition) is 3. The van der Waals surface area contributed by atoms with Crippen molar-refractivity contribution < 1.29 is 30.8 Å². The van der Waals surface area contributed by atoms with Gasteiger partial charge in [-0.15, -0.1) is 6.58 Å². The first-order valence-electron chi connectivity index (χ1n) is 8.29. The Morgan fingerprint density at radius 3 is 2.48 bits per heavy atom. The van der Waals surface area contributed by atoms with Crippen molar-refractivity contribution in [2.24, 2.45) is 0 Å². The van der Waals surface area contributed by atoms with Gasteiger partial charge in [0.05, 0.1) is 17.0 Å². The van der Waals surface area contributed by atoms with E-state index >= 15 is 0 Å². The number of alkyl halides is 3. The molecule has 2 aromatic carbocycles. The fourth-order valence-electron chi connectivity index (χ4n) is 2.40. The quantitative estimate of drug-likeness (QED) is 0.534. The smallest absolute Gasteiger partial charge is 0.325 e. The van der Waals surface area contributed by atoms with Crippen molar-refractivity contribution in [1.82, 2.24) is 4.31 Å². The van der Waals surface area contributed by atoms with E-state index in [1.807, 2.05) is 0 Å². The number of sulfonamides is 1. The van der Waals surface area contributed by atoms with Gasteiger partial charge in [-0.3, -0.25) is 4.79 Å². The lowest BCUT2D eigenvalue weighted by Gasteiger charge is -2.21. The van der Waals surface area contributed by atoms with Crippen LogP contribution in [0.5, 0.6) is 0 Å². The Morgan fingerprint density at radius 1 is 1.21 bits per heavy atom. The average molecular weight is 430 g/mol. The Bertz CT molecular complexity index is 1020. The maximum atomic E-state index is 13.6. The maximum Gasteiger partial charge on any atom is 0.416 e. The van der Waals surface area contributed by atoms with E-state index in [4.69, 9.17) is 0 Å². The molecule has 29 heavy (non-hydrogen) atoms. The number of aryl methyl sites for hydroxylation is 1. The molecule has 0 unspecified atom stereocenters. The topological polar surface area (TPSA) is 66.5 Å². The molecule has 1 N–H and O–H groups in total. The van der Waals surface area contributed by atoms with Gasteiger partial charge in [-0.05, 0) is 42.8 Å². The summed E-state index contributed by atoms with van der Waals surface area (Å²) in [6.45, 7) is 3.94. The Labute approximate surface area is 165 Å². The summed E-state index contributed by atoms with van der Waals surface area (Å²) in [4.78, 5) is 11.6. The van der Waals surface area contributed by atoms with Crippen molar-refractivity contribution in [2.75, 3.05) is 18.4 Å². The summed E-state index contributed by atoms with van der Waals surface area (Å²) in [6.07, 6.45) is -3.52. The molecule has 0 atom stereocenters. The molecule has 0 aliphatic rings. The fourth-order valence-corrected chi connectivity index (χ4v) is 3.82. The van der Waals surface area contributed by atoms with E-state index in [1.165, 1.54) is 25.1 Å². The van der Waals surface area contributed by atoms with Gasteiger partial charge in [-0.25, -0.2) is 12.8 Å². The van der Waals surface area contributed by atoms with Gasteiger partial charge in [0.2, 0.25) is 15.9 Å². The van der Waals surface area contributed by atoms with Gasteiger partial charge >= 0.3 is 6.18 Å². The molecule has 0 fully saturated rings. The zero-order valence-electron chi connectivity index (χ0n) is 15.3. The predicted molar refractivity (Wildman–Crippen MR) is 100 cm³/mol. The zero-order valence-corrected chi connectivity index (χ0v) is 16.1. The monoisotopic (exact) mass is 430 g/mol. The molecule has 0 radical (unpaired) electrons. The van der Waals surface area contributed by atoms with E-state index < -0.39 is 44.9 Å². The Kier molecular flexibility index (Phi) is 6.81. The molecule has 156 valence electrons. The molecule has 0 aliphatic carbocycles. The average Bonchev–Trinajstić information content (AvgIpc) is 2.64. The highest BCUT2D eigenvalue weighted by molar-refractivity contribution is 7.89. The maximum absolute atomic E-state index is 13.6. The van der Waals surface area contributed by atoms with Crippen LogP contribution in [-0.4, -0.2) is 31.7 Å².